The van der Waals surface area contributed by atoms with Gasteiger partial charge in [0.25, 0.3) is 0 Å². The van der Waals surface area contributed by atoms with Crippen molar-refractivity contribution in [2.45, 2.75) is 6.61 Å². The van der Waals surface area contributed by atoms with Gasteiger partial charge in [0.1, 0.15) is 18.1 Å². The van der Waals surface area contributed by atoms with E-state index in [1.54, 1.807) is 48.5 Å². The quantitative estimate of drug-likeness (QED) is 0.352. The van der Waals surface area contributed by atoms with Crippen LogP contribution in [-0.2, 0) is 6.61 Å². The Labute approximate surface area is 177 Å². The summed E-state index contributed by atoms with van der Waals surface area (Å²) in [6.07, 6.45) is 0. The summed E-state index contributed by atoms with van der Waals surface area (Å²) in [5.41, 5.74) is 1.90. The first-order valence-electron chi connectivity index (χ1n) is 9.35. The standard InChI is InChI=1S/C23H17NO3.C2H7N/c1-17(27-20-13-11-18(15-24)12-14-20)23(25)21-9-5-6-10-22(21)26-16-19-7-3-2-4-8-19;1-3-2/h2-14H,1,16H2;3H,1-2H3. The maximum atomic E-state index is 12.7. The number of nitriles is 1. The third-order valence-corrected chi connectivity index (χ3v) is 3.85. The number of hydrogen-bond acceptors (Lipinski definition) is 5. The Morgan fingerprint density at radius 2 is 1.57 bits per heavy atom. The molecule has 1 N–H and O–H groups in total. The molecule has 0 saturated carbocycles. The molecule has 3 rings (SSSR count). The van der Waals surface area contributed by atoms with Crippen LogP contribution in [0.2, 0.25) is 0 Å². The molecule has 0 aliphatic carbocycles. The van der Waals surface area contributed by atoms with Crippen LogP contribution in [0.3, 0.4) is 0 Å². The number of para-hydroxylation sites is 1. The van der Waals surface area contributed by atoms with Gasteiger partial charge in [-0.05, 0) is 56.1 Å². The molecule has 0 spiro atoms. The van der Waals surface area contributed by atoms with Gasteiger partial charge in [-0.1, -0.05) is 49.0 Å². The summed E-state index contributed by atoms with van der Waals surface area (Å²) < 4.78 is 11.4. The number of nitrogens with zero attached hydrogens (tertiary/aromatic N) is 1. The fourth-order valence-electron chi connectivity index (χ4n) is 2.45. The van der Waals surface area contributed by atoms with Crippen molar-refractivity contribution in [1.82, 2.24) is 5.32 Å². The van der Waals surface area contributed by atoms with E-state index < -0.39 is 0 Å². The van der Waals surface area contributed by atoms with Crippen LogP contribution in [0.5, 0.6) is 11.5 Å². The van der Waals surface area contributed by atoms with E-state index in [9.17, 15) is 4.79 Å². The van der Waals surface area contributed by atoms with Gasteiger partial charge in [-0.3, -0.25) is 4.79 Å². The van der Waals surface area contributed by atoms with Gasteiger partial charge in [0, 0.05) is 0 Å². The van der Waals surface area contributed by atoms with Crippen LogP contribution < -0.4 is 14.8 Å². The molecular formula is C25H24N2O3. The van der Waals surface area contributed by atoms with Crippen LogP contribution in [0, 0.1) is 11.3 Å². The van der Waals surface area contributed by atoms with Crippen LogP contribution in [0.15, 0.2) is 91.2 Å². The third-order valence-electron chi connectivity index (χ3n) is 3.85. The van der Waals surface area contributed by atoms with Crippen LogP contribution in [0.1, 0.15) is 21.5 Å². The molecule has 0 saturated heterocycles. The molecule has 0 aromatic heterocycles. The summed E-state index contributed by atoms with van der Waals surface area (Å²) in [6.45, 7) is 4.09. The highest BCUT2D eigenvalue weighted by Gasteiger charge is 2.17. The number of benzene rings is 3. The second-order valence-electron chi connectivity index (χ2n) is 6.26. The fourth-order valence-corrected chi connectivity index (χ4v) is 2.45. The Hall–Kier alpha value is -3.88. The van der Waals surface area contributed by atoms with E-state index in [2.05, 4.69) is 11.9 Å². The predicted octanol–water partition coefficient (Wildman–Crippen LogP) is 4.75. The first-order valence-corrected chi connectivity index (χ1v) is 9.35. The van der Waals surface area contributed by atoms with Crippen molar-refractivity contribution in [3.05, 3.63) is 108 Å². The number of allylic oxidation sites excluding steroid dienone is 1. The van der Waals surface area contributed by atoms with Crippen LogP contribution in [0.25, 0.3) is 0 Å². The SMILES string of the molecule is C=C(Oc1ccc(C#N)cc1)C(=O)c1ccccc1OCc1ccccc1.CNC. The smallest absolute Gasteiger partial charge is 0.231 e. The van der Waals surface area contributed by atoms with E-state index in [1.807, 2.05) is 50.5 Å². The summed E-state index contributed by atoms with van der Waals surface area (Å²) in [5, 5.41) is 11.6. The zero-order chi connectivity index (χ0) is 21.8. The average molecular weight is 400 g/mol. The minimum absolute atomic E-state index is 0.0181. The number of hydrogen-bond donors (Lipinski definition) is 1. The highest BCUT2D eigenvalue weighted by atomic mass is 16.5. The largest absolute Gasteiger partial charge is 0.488 e. The maximum absolute atomic E-state index is 12.7. The number of nitrogens with one attached hydrogen (secondary N) is 1. The van der Waals surface area contributed by atoms with E-state index in [-0.39, 0.29) is 11.5 Å². The second-order valence-corrected chi connectivity index (χ2v) is 6.26. The van der Waals surface area contributed by atoms with Gasteiger partial charge in [-0.15, -0.1) is 0 Å². The maximum Gasteiger partial charge on any atom is 0.231 e. The van der Waals surface area contributed by atoms with E-state index in [0.717, 1.165) is 5.56 Å². The molecule has 0 aliphatic rings. The van der Waals surface area contributed by atoms with Crippen LogP contribution >= 0.6 is 0 Å². The fraction of sp³-hybridized carbons (Fsp3) is 0.120. The van der Waals surface area contributed by atoms with Crippen molar-refractivity contribution >= 4 is 5.78 Å². The minimum Gasteiger partial charge on any atom is -0.488 e. The topological polar surface area (TPSA) is 71.3 Å². The number of carbonyl (C=O) groups is 1. The molecule has 0 amide bonds. The normalized spacial score (nSPS) is 9.50. The molecule has 0 bridgehead atoms. The lowest BCUT2D eigenvalue weighted by Gasteiger charge is -2.12. The summed E-state index contributed by atoms with van der Waals surface area (Å²) >= 11 is 0. The predicted molar refractivity (Wildman–Crippen MR) is 117 cm³/mol. The van der Waals surface area contributed by atoms with Crippen molar-refractivity contribution in [2.75, 3.05) is 14.1 Å². The number of rotatable bonds is 7. The molecule has 5 heteroatoms. The molecule has 0 aliphatic heterocycles. The summed E-state index contributed by atoms with van der Waals surface area (Å²) in [4.78, 5) is 12.7. The van der Waals surface area contributed by atoms with Gasteiger partial charge in [0.2, 0.25) is 5.78 Å². The summed E-state index contributed by atoms with van der Waals surface area (Å²) in [5.74, 6) is 0.532. The Morgan fingerprint density at radius 3 is 2.20 bits per heavy atom. The molecule has 3 aromatic carbocycles. The molecular weight excluding hydrogens is 376 g/mol. The first kappa shape index (κ1) is 22.4. The van der Waals surface area contributed by atoms with Crippen LogP contribution in [-0.4, -0.2) is 19.9 Å². The molecule has 3 aromatic rings. The van der Waals surface area contributed by atoms with Crippen molar-refractivity contribution < 1.29 is 14.3 Å². The average Bonchev–Trinajstić information content (AvgIpc) is 2.79. The molecule has 0 radical (unpaired) electrons. The summed E-state index contributed by atoms with van der Waals surface area (Å²) in [7, 11) is 3.75. The molecule has 152 valence electrons. The lowest BCUT2D eigenvalue weighted by atomic mass is 10.1. The first-order chi connectivity index (χ1) is 14.6. The molecule has 5 nitrogen and oxygen atoms in total. The van der Waals surface area contributed by atoms with Gasteiger partial charge in [0.05, 0.1) is 17.2 Å². The van der Waals surface area contributed by atoms with E-state index in [0.29, 0.717) is 29.2 Å². The highest BCUT2D eigenvalue weighted by molar-refractivity contribution is 6.09. The minimum atomic E-state index is -0.358. The number of Topliss-reactive ketones (excluding diaryl/α,β-unsaturated/α-hetero) is 1. The summed E-state index contributed by atoms with van der Waals surface area (Å²) in [6, 6.07) is 25.2. The lowest BCUT2D eigenvalue weighted by Crippen LogP contribution is -2.10. The van der Waals surface area contributed by atoms with E-state index >= 15 is 0 Å². The molecule has 0 atom stereocenters. The van der Waals surface area contributed by atoms with Gasteiger partial charge in [0.15, 0.2) is 5.76 Å². The van der Waals surface area contributed by atoms with Gasteiger partial charge >= 0.3 is 0 Å². The number of ketones is 1. The van der Waals surface area contributed by atoms with Crippen molar-refractivity contribution in [3.8, 4) is 17.6 Å². The van der Waals surface area contributed by atoms with E-state index in [1.165, 1.54) is 0 Å². The molecule has 0 fully saturated rings. The van der Waals surface area contributed by atoms with Gasteiger partial charge in [-0.25, -0.2) is 0 Å². The number of carbonyl (C=O) groups excluding carboxylic acids is 1. The second kappa shape index (κ2) is 11.8. The Balaban J connectivity index is 0.00000101. The lowest BCUT2D eigenvalue weighted by molar-refractivity contribution is 0.0982. The van der Waals surface area contributed by atoms with Crippen molar-refractivity contribution in [1.29, 1.82) is 5.26 Å². The third kappa shape index (κ3) is 6.62. The zero-order valence-corrected chi connectivity index (χ0v) is 17.1. The molecule has 0 unspecified atom stereocenters. The molecule has 0 heterocycles. The Kier molecular flexibility index (Phi) is 8.85. The van der Waals surface area contributed by atoms with Crippen molar-refractivity contribution in [3.63, 3.8) is 0 Å². The monoisotopic (exact) mass is 400 g/mol. The van der Waals surface area contributed by atoms with E-state index in [4.69, 9.17) is 14.7 Å². The number of ether oxygens (including phenoxy) is 2. The van der Waals surface area contributed by atoms with Crippen LogP contribution in [0.4, 0.5) is 0 Å². The Bertz CT molecular complexity index is 1010. The molecule has 30 heavy (non-hydrogen) atoms. The van der Waals surface area contributed by atoms with Gasteiger partial charge in [-0.2, -0.15) is 5.26 Å². The highest BCUT2D eigenvalue weighted by Crippen LogP contribution is 2.24. The van der Waals surface area contributed by atoms with Gasteiger partial charge < -0.3 is 14.8 Å². The Morgan fingerprint density at radius 1 is 0.967 bits per heavy atom. The van der Waals surface area contributed by atoms with Crippen molar-refractivity contribution in [2.24, 2.45) is 0 Å². The zero-order valence-electron chi connectivity index (χ0n) is 17.1.